The standard InChI is InChI=1S/C11H17N3O3/c15-9-5-7(6-13-9)10(16)14-8-3-1-2-4-12-11(8)17/h7-8H,1-6H2,(H,12,17)(H,13,15)(H,14,16). The van der Waals surface area contributed by atoms with Crippen molar-refractivity contribution < 1.29 is 14.4 Å². The average molecular weight is 239 g/mol. The van der Waals surface area contributed by atoms with E-state index in [1.54, 1.807) is 0 Å². The van der Waals surface area contributed by atoms with Gasteiger partial charge in [0.2, 0.25) is 17.7 Å². The minimum absolute atomic E-state index is 0.101. The van der Waals surface area contributed by atoms with Crippen molar-refractivity contribution in [3.8, 4) is 0 Å². The molecule has 0 aromatic rings. The third-order valence-corrected chi connectivity index (χ3v) is 3.20. The first kappa shape index (κ1) is 11.9. The van der Waals surface area contributed by atoms with Crippen LogP contribution in [0.25, 0.3) is 0 Å². The SMILES string of the molecule is O=C1CC(C(=O)NC2CCCCNC2=O)CN1. The van der Waals surface area contributed by atoms with E-state index in [0.29, 0.717) is 19.5 Å². The second-order valence-electron chi connectivity index (χ2n) is 4.55. The first-order chi connectivity index (χ1) is 8.16. The number of carbonyl (C=O) groups is 3. The van der Waals surface area contributed by atoms with Crippen LogP contribution in [0.4, 0.5) is 0 Å². The summed E-state index contributed by atoms with van der Waals surface area (Å²) in [5.74, 6) is -0.757. The van der Waals surface area contributed by atoms with Gasteiger partial charge in [-0.05, 0) is 19.3 Å². The summed E-state index contributed by atoms with van der Waals surface area (Å²) in [6, 6.07) is -0.444. The molecule has 0 aliphatic carbocycles. The maximum atomic E-state index is 11.8. The van der Waals surface area contributed by atoms with E-state index in [-0.39, 0.29) is 30.1 Å². The van der Waals surface area contributed by atoms with Crippen LogP contribution in [0.2, 0.25) is 0 Å². The zero-order valence-corrected chi connectivity index (χ0v) is 9.62. The molecule has 2 heterocycles. The van der Waals surface area contributed by atoms with E-state index in [1.165, 1.54) is 0 Å². The minimum atomic E-state index is -0.444. The highest BCUT2D eigenvalue weighted by Gasteiger charge is 2.31. The van der Waals surface area contributed by atoms with Crippen molar-refractivity contribution in [3.05, 3.63) is 0 Å². The summed E-state index contributed by atoms with van der Waals surface area (Å²) < 4.78 is 0. The molecule has 2 rings (SSSR count). The molecule has 2 unspecified atom stereocenters. The molecule has 0 spiro atoms. The predicted molar refractivity (Wildman–Crippen MR) is 59.9 cm³/mol. The minimum Gasteiger partial charge on any atom is -0.355 e. The van der Waals surface area contributed by atoms with E-state index in [9.17, 15) is 14.4 Å². The van der Waals surface area contributed by atoms with Crippen LogP contribution in [0.15, 0.2) is 0 Å². The van der Waals surface area contributed by atoms with Crippen LogP contribution in [-0.2, 0) is 14.4 Å². The second kappa shape index (κ2) is 5.16. The summed E-state index contributed by atoms with van der Waals surface area (Å²) in [7, 11) is 0. The Morgan fingerprint density at radius 2 is 2.06 bits per heavy atom. The molecule has 2 aliphatic heterocycles. The van der Waals surface area contributed by atoms with Crippen molar-refractivity contribution >= 4 is 17.7 Å². The molecule has 0 saturated carbocycles. The molecule has 2 aliphatic rings. The van der Waals surface area contributed by atoms with Gasteiger partial charge in [-0.25, -0.2) is 0 Å². The van der Waals surface area contributed by atoms with E-state index in [0.717, 1.165) is 12.8 Å². The normalized spacial score (nSPS) is 29.2. The van der Waals surface area contributed by atoms with Gasteiger partial charge < -0.3 is 16.0 Å². The summed E-state index contributed by atoms with van der Waals surface area (Å²) in [6.45, 7) is 1.05. The van der Waals surface area contributed by atoms with Crippen molar-refractivity contribution in [1.82, 2.24) is 16.0 Å². The zero-order chi connectivity index (χ0) is 12.3. The first-order valence-electron chi connectivity index (χ1n) is 6.01. The van der Waals surface area contributed by atoms with Crippen LogP contribution in [0.1, 0.15) is 25.7 Å². The lowest BCUT2D eigenvalue weighted by Crippen LogP contribution is -2.47. The van der Waals surface area contributed by atoms with Gasteiger partial charge in [0, 0.05) is 19.5 Å². The molecule has 6 nitrogen and oxygen atoms in total. The average Bonchev–Trinajstić information content (AvgIpc) is 2.63. The molecule has 0 bridgehead atoms. The van der Waals surface area contributed by atoms with Crippen molar-refractivity contribution in [2.24, 2.45) is 5.92 Å². The maximum absolute atomic E-state index is 11.8. The fourth-order valence-corrected chi connectivity index (χ4v) is 2.16. The van der Waals surface area contributed by atoms with E-state index in [1.807, 2.05) is 0 Å². The Labute approximate surface area is 99.5 Å². The van der Waals surface area contributed by atoms with E-state index in [2.05, 4.69) is 16.0 Å². The molecule has 17 heavy (non-hydrogen) atoms. The third-order valence-electron chi connectivity index (χ3n) is 3.20. The van der Waals surface area contributed by atoms with Crippen LogP contribution in [0, 0.1) is 5.92 Å². The van der Waals surface area contributed by atoms with E-state index >= 15 is 0 Å². The van der Waals surface area contributed by atoms with Crippen molar-refractivity contribution in [2.75, 3.05) is 13.1 Å². The monoisotopic (exact) mass is 239 g/mol. The lowest BCUT2D eigenvalue weighted by molar-refractivity contribution is -0.131. The molecule has 0 radical (unpaired) electrons. The molecular formula is C11H17N3O3. The van der Waals surface area contributed by atoms with Gasteiger partial charge in [-0.15, -0.1) is 0 Å². The highest BCUT2D eigenvalue weighted by atomic mass is 16.2. The molecule has 2 saturated heterocycles. The van der Waals surface area contributed by atoms with Gasteiger partial charge in [0.15, 0.2) is 0 Å². The molecule has 6 heteroatoms. The van der Waals surface area contributed by atoms with Gasteiger partial charge in [-0.3, -0.25) is 14.4 Å². The summed E-state index contributed by atoms with van der Waals surface area (Å²) in [5.41, 5.74) is 0. The topological polar surface area (TPSA) is 87.3 Å². The Kier molecular flexibility index (Phi) is 3.61. The molecule has 3 N–H and O–H groups in total. The Bertz CT molecular complexity index is 343. The highest BCUT2D eigenvalue weighted by Crippen LogP contribution is 2.11. The molecular weight excluding hydrogens is 222 g/mol. The molecule has 2 atom stereocenters. The Morgan fingerprint density at radius 3 is 2.76 bits per heavy atom. The lowest BCUT2D eigenvalue weighted by Gasteiger charge is -2.17. The number of nitrogens with one attached hydrogen (secondary N) is 3. The third kappa shape index (κ3) is 2.95. The Balaban J connectivity index is 1.88. The highest BCUT2D eigenvalue weighted by molar-refractivity contribution is 5.92. The Morgan fingerprint density at radius 1 is 1.24 bits per heavy atom. The van der Waals surface area contributed by atoms with Gasteiger partial charge in [0.1, 0.15) is 6.04 Å². The van der Waals surface area contributed by atoms with Crippen LogP contribution < -0.4 is 16.0 Å². The fraction of sp³-hybridized carbons (Fsp3) is 0.727. The number of hydrogen-bond acceptors (Lipinski definition) is 3. The first-order valence-corrected chi connectivity index (χ1v) is 6.01. The molecule has 2 fully saturated rings. The smallest absolute Gasteiger partial charge is 0.242 e. The van der Waals surface area contributed by atoms with Gasteiger partial charge >= 0.3 is 0 Å². The molecule has 0 aromatic carbocycles. The van der Waals surface area contributed by atoms with Gasteiger partial charge in [0.05, 0.1) is 5.92 Å². The quantitative estimate of drug-likeness (QED) is 0.572. The van der Waals surface area contributed by atoms with Gasteiger partial charge in [-0.1, -0.05) is 0 Å². The van der Waals surface area contributed by atoms with Crippen LogP contribution >= 0.6 is 0 Å². The summed E-state index contributed by atoms with van der Waals surface area (Å²) in [4.78, 5) is 34.5. The van der Waals surface area contributed by atoms with Crippen LogP contribution in [0.3, 0.4) is 0 Å². The Hall–Kier alpha value is -1.59. The van der Waals surface area contributed by atoms with Gasteiger partial charge in [-0.2, -0.15) is 0 Å². The number of rotatable bonds is 2. The predicted octanol–water partition coefficient (Wildman–Crippen LogP) is -1.09. The van der Waals surface area contributed by atoms with Crippen molar-refractivity contribution in [3.63, 3.8) is 0 Å². The van der Waals surface area contributed by atoms with Crippen molar-refractivity contribution in [1.29, 1.82) is 0 Å². The van der Waals surface area contributed by atoms with Crippen LogP contribution in [-0.4, -0.2) is 36.9 Å². The number of amides is 3. The maximum Gasteiger partial charge on any atom is 0.242 e. The van der Waals surface area contributed by atoms with Crippen LogP contribution in [0.5, 0.6) is 0 Å². The summed E-state index contributed by atoms with van der Waals surface area (Å²) in [5, 5.41) is 8.10. The molecule has 94 valence electrons. The summed E-state index contributed by atoms with van der Waals surface area (Å²) >= 11 is 0. The number of hydrogen-bond donors (Lipinski definition) is 3. The van der Waals surface area contributed by atoms with Gasteiger partial charge in [0.25, 0.3) is 0 Å². The van der Waals surface area contributed by atoms with Crippen molar-refractivity contribution in [2.45, 2.75) is 31.7 Å². The lowest BCUT2D eigenvalue weighted by atomic mass is 10.1. The van der Waals surface area contributed by atoms with E-state index in [4.69, 9.17) is 0 Å². The largest absolute Gasteiger partial charge is 0.355 e. The second-order valence-corrected chi connectivity index (χ2v) is 4.55. The summed E-state index contributed by atoms with van der Waals surface area (Å²) in [6.07, 6.45) is 2.76. The number of carbonyl (C=O) groups excluding carboxylic acids is 3. The molecule has 0 aromatic heterocycles. The molecule has 3 amide bonds. The zero-order valence-electron chi connectivity index (χ0n) is 9.62. The van der Waals surface area contributed by atoms with E-state index < -0.39 is 6.04 Å². The fourth-order valence-electron chi connectivity index (χ4n) is 2.16.